The summed E-state index contributed by atoms with van der Waals surface area (Å²) in [4.78, 5) is 23.4. The van der Waals surface area contributed by atoms with Gasteiger partial charge in [0.25, 0.3) is 0 Å². The van der Waals surface area contributed by atoms with Crippen LogP contribution in [0, 0.1) is 0 Å². The third-order valence-corrected chi connectivity index (χ3v) is 2.65. The van der Waals surface area contributed by atoms with Crippen molar-refractivity contribution < 1.29 is 28.5 Å². The zero-order chi connectivity index (χ0) is 16.4. The van der Waals surface area contributed by atoms with Crippen molar-refractivity contribution in [1.29, 1.82) is 0 Å². The topological polar surface area (TPSA) is 71.1 Å². The van der Waals surface area contributed by atoms with Crippen molar-refractivity contribution in [2.75, 3.05) is 26.4 Å². The Morgan fingerprint density at radius 1 is 0.955 bits per heavy atom. The fraction of sp³-hybridized carbons (Fsp3) is 0.500. The standard InChI is InChI=1S/C16H22O6/c1-4-19-15(18)12-7-9-13(10-8-12)22-11-14(17)16(20-5-2)21-6-3/h7-10,16H,4-6,11H2,1-3H3. The maximum atomic E-state index is 11.9. The molecule has 0 aliphatic rings. The molecule has 0 bridgehead atoms. The lowest BCUT2D eigenvalue weighted by atomic mass is 10.2. The lowest BCUT2D eigenvalue weighted by Crippen LogP contribution is -2.31. The van der Waals surface area contributed by atoms with Crippen LogP contribution < -0.4 is 4.74 Å². The third-order valence-electron chi connectivity index (χ3n) is 2.65. The van der Waals surface area contributed by atoms with E-state index < -0.39 is 12.3 Å². The molecule has 0 saturated heterocycles. The van der Waals surface area contributed by atoms with E-state index in [4.69, 9.17) is 18.9 Å². The molecule has 0 N–H and O–H groups in total. The molecule has 0 spiro atoms. The molecule has 0 aliphatic carbocycles. The van der Waals surface area contributed by atoms with Crippen LogP contribution in [0.25, 0.3) is 0 Å². The van der Waals surface area contributed by atoms with Gasteiger partial charge in [0.15, 0.2) is 6.61 Å². The van der Waals surface area contributed by atoms with Gasteiger partial charge in [0.1, 0.15) is 5.75 Å². The number of carbonyl (C=O) groups excluding carboxylic acids is 2. The Labute approximate surface area is 130 Å². The summed E-state index contributed by atoms with van der Waals surface area (Å²) in [5, 5.41) is 0. The summed E-state index contributed by atoms with van der Waals surface area (Å²) in [6, 6.07) is 6.38. The van der Waals surface area contributed by atoms with Crippen molar-refractivity contribution >= 4 is 11.8 Å². The summed E-state index contributed by atoms with van der Waals surface area (Å²) in [6.45, 7) is 6.23. The van der Waals surface area contributed by atoms with Gasteiger partial charge < -0.3 is 18.9 Å². The van der Waals surface area contributed by atoms with Crippen LogP contribution in [0.1, 0.15) is 31.1 Å². The molecule has 22 heavy (non-hydrogen) atoms. The fourth-order valence-electron chi connectivity index (χ4n) is 1.66. The minimum absolute atomic E-state index is 0.163. The van der Waals surface area contributed by atoms with Gasteiger partial charge in [0, 0.05) is 13.2 Å². The van der Waals surface area contributed by atoms with E-state index in [1.54, 1.807) is 45.0 Å². The monoisotopic (exact) mass is 310 g/mol. The van der Waals surface area contributed by atoms with E-state index in [-0.39, 0.29) is 12.4 Å². The highest BCUT2D eigenvalue weighted by Gasteiger charge is 2.19. The molecular formula is C16H22O6. The van der Waals surface area contributed by atoms with Crippen molar-refractivity contribution in [2.45, 2.75) is 27.1 Å². The highest BCUT2D eigenvalue weighted by Crippen LogP contribution is 2.13. The predicted molar refractivity (Wildman–Crippen MR) is 79.9 cm³/mol. The molecule has 122 valence electrons. The first-order valence-electron chi connectivity index (χ1n) is 7.28. The van der Waals surface area contributed by atoms with E-state index in [1.807, 2.05) is 0 Å². The molecule has 0 heterocycles. The van der Waals surface area contributed by atoms with Crippen LogP contribution in [-0.4, -0.2) is 44.5 Å². The summed E-state index contributed by atoms with van der Waals surface area (Å²) < 4.78 is 20.7. The fourth-order valence-corrected chi connectivity index (χ4v) is 1.66. The Kier molecular flexibility index (Phi) is 8.17. The molecule has 6 nitrogen and oxygen atoms in total. The van der Waals surface area contributed by atoms with Crippen LogP contribution in [0.5, 0.6) is 5.75 Å². The van der Waals surface area contributed by atoms with Gasteiger partial charge in [0.05, 0.1) is 12.2 Å². The lowest BCUT2D eigenvalue weighted by Gasteiger charge is -2.15. The summed E-state index contributed by atoms with van der Waals surface area (Å²) in [5.74, 6) is -0.204. The lowest BCUT2D eigenvalue weighted by molar-refractivity contribution is -0.169. The first-order chi connectivity index (χ1) is 10.6. The van der Waals surface area contributed by atoms with Crippen molar-refractivity contribution in [2.24, 2.45) is 0 Å². The highest BCUT2D eigenvalue weighted by molar-refractivity contribution is 5.89. The van der Waals surface area contributed by atoms with E-state index in [0.29, 0.717) is 31.1 Å². The Morgan fingerprint density at radius 2 is 1.55 bits per heavy atom. The number of hydrogen-bond donors (Lipinski definition) is 0. The smallest absolute Gasteiger partial charge is 0.338 e. The summed E-state index contributed by atoms with van der Waals surface area (Å²) in [5.41, 5.74) is 0.432. The summed E-state index contributed by atoms with van der Waals surface area (Å²) >= 11 is 0. The Balaban J connectivity index is 2.53. The second-order valence-electron chi connectivity index (χ2n) is 4.24. The molecule has 0 radical (unpaired) electrons. The second-order valence-corrected chi connectivity index (χ2v) is 4.24. The first kappa shape index (κ1) is 18.1. The number of esters is 1. The highest BCUT2D eigenvalue weighted by atomic mass is 16.7. The Bertz CT molecular complexity index is 462. The third kappa shape index (κ3) is 5.83. The van der Waals surface area contributed by atoms with Crippen LogP contribution >= 0.6 is 0 Å². The van der Waals surface area contributed by atoms with Crippen molar-refractivity contribution in [3.63, 3.8) is 0 Å². The Hall–Kier alpha value is -1.92. The second kappa shape index (κ2) is 9.92. The first-order valence-corrected chi connectivity index (χ1v) is 7.28. The molecule has 0 saturated carbocycles. The van der Waals surface area contributed by atoms with Crippen LogP contribution in [0.15, 0.2) is 24.3 Å². The zero-order valence-corrected chi connectivity index (χ0v) is 13.2. The van der Waals surface area contributed by atoms with Gasteiger partial charge in [-0.25, -0.2) is 4.79 Å². The minimum Gasteiger partial charge on any atom is -0.486 e. The van der Waals surface area contributed by atoms with Crippen molar-refractivity contribution in [1.82, 2.24) is 0 Å². The average Bonchev–Trinajstić information content (AvgIpc) is 2.53. The van der Waals surface area contributed by atoms with Crippen LogP contribution in [0.3, 0.4) is 0 Å². The number of hydrogen-bond acceptors (Lipinski definition) is 6. The van der Waals surface area contributed by atoms with E-state index >= 15 is 0 Å². The summed E-state index contributed by atoms with van der Waals surface area (Å²) in [7, 11) is 0. The molecule has 0 atom stereocenters. The maximum Gasteiger partial charge on any atom is 0.338 e. The SMILES string of the molecule is CCOC(=O)c1ccc(OCC(=O)C(OCC)OCC)cc1. The van der Waals surface area contributed by atoms with Crippen LogP contribution in [0.2, 0.25) is 0 Å². The van der Waals surface area contributed by atoms with E-state index in [9.17, 15) is 9.59 Å². The average molecular weight is 310 g/mol. The summed E-state index contributed by atoms with van der Waals surface area (Å²) in [6.07, 6.45) is -0.909. The largest absolute Gasteiger partial charge is 0.486 e. The van der Waals surface area contributed by atoms with E-state index in [2.05, 4.69) is 0 Å². The number of rotatable bonds is 10. The van der Waals surface area contributed by atoms with Gasteiger partial charge in [0.2, 0.25) is 12.1 Å². The number of ketones is 1. The van der Waals surface area contributed by atoms with Crippen LogP contribution in [0.4, 0.5) is 0 Å². The van der Waals surface area contributed by atoms with Gasteiger partial charge in [-0.15, -0.1) is 0 Å². The molecule has 0 amide bonds. The molecular weight excluding hydrogens is 288 g/mol. The molecule has 0 aliphatic heterocycles. The Morgan fingerprint density at radius 3 is 2.05 bits per heavy atom. The normalized spacial score (nSPS) is 10.5. The van der Waals surface area contributed by atoms with Gasteiger partial charge in [-0.2, -0.15) is 0 Å². The molecule has 0 fully saturated rings. The van der Waals surface area contributed by atoms with Crippen molar-refractivity contribution in [3.8, 4) is 5.75 Å². The minimum atomic E-state index is -0.909. The molecule has 0 unspecified atom stereocenters. The van der Waals surface area contributed by atoms with E-state index in [0.717, 1.165) is 0 Å². The molecule has 0 aromatic heterocycles. The number of benzene rings is 1. The van der Waals surface area contributed by atoms with Gasteiger partial charge in [-0.1, -0.05) is 0 Å². The number of carbonyl (C=O) groups is 2. The van der Waals surface area contributed by atoms with Gasteiger partial charge >= 0.3 is 5.97 Å². The number of ether oxygens (including phenoxy) is 4. The quantitative estimate of drug-likeness (QED) is 0.487. The van der Waals surface area contributed by atoms with Gasteiger partial charge in [-0.05, 0) is 45.0 Å². The van der Waals surface area contributed by atoms with Crippen molar-refractivity contribution in [3.05, 3.63) is 29.8 Å². The van der Waals surface area contributed by atoms with E-state index in [1.165, 1.54) is 0 Å². The predicted octanol–water partition coefficient (Wildman–Crippen LogP) is 2.21. The molecule has 6 heteroatoms. The number of Topliss-reactive ketones (excluding diaryl/α,β-unsaturated/α-hetero) is 1. The van der Waals surface area contributed by atoms with Gasteiger partial charge in [-0.3, -0.25) is 4.79 Å². The maximum absolute atomic E-state index is 11.9. The molecule has 1 aromatic carbocycles. The van der Waals surface area contributed by atoms with Crippen LogP contribution in [-0.2, 0) is 19.0 Å². The molecule has 1 rings (SSSR count). The molecule has 1 aromatic rings. The zero-order valence-electron chi connectivity index (χ0n) is 13.2.